The first-order valence-electron chi connectivity index (χ1n) is 14.3. The number of rotatable bonds is 5. The smallest absolute Gasteiger partial charge is 0.145 e. The molecule has 2 heteroatoms. The molecule has 0 bridgehead atoms. The van der Waals surface area contributed by atoms with Gasteiger partial charge < -0.3 is 9.32 Å². The predicted octanol–water partition coefficient (Wildman–Crippen LogP) is 11.5. The standard InChI is InChI=1S/C40H27NO/c1-3-13-28(14-4-1)33-18-9-10-19-34(33)29-23-25-32(26-24-29)41(31-16-5-2-6-17-31)37-27-30-15-7-8-20-35(30)40-39(37)36-21-11-12-22-38(36)42-40/h1-27H. The van der Waals surface area contributed by atoms with Gasteiger partial charge in [-0.3, -0.25) is 0 Å². The Morgan fingerprint density at radius 3 is 1.71 bits per heavy atom. The fourth-order valence-electron chi connectivity index (χ4n) is 6.11. The third kappa shape index (κ3) is 4.05. The van der Waals surface area contributed by atoms with Gasteiger partial charge in [-0.15, -0.1) is 0 Å². The number of para-hydroxylation sites is 2. The van der Waals surface area contributed by atoms with Crippen molar-refractivity contribution in [3.05, 3.63) is 164 Å². The van der Waals surface area contributed by atoms with E-state index in [4.69, 9.17) is 4.42 Å². The highest BCUT2D eigenvalue weighted by molar-refractivity contribution is 6.21. The first-order chi connectivity index (χ1) is 20.8. The normalized spacial score (nSPS) is 11.3. The van der Waals surface area contributed by atoms with Crippen LogP contribution in [0.1, 0.15) is 0 Å². The SMILES string of the molecule is c1ccc(-c2ccccc2-c2ccc(N(c3ccccc3)c3cc4ccccc4c4oc5ccccc5c34)cc2)cc1. The Morgan fingerprint density at radius 2 is 0.976 bits per heavy atom. The summed E-state index contributed by atoms with van der Waals surface area (Å²) in [6.45, 7) is 0. The maximum atomic E-state index is 6.53. The Balaban J connectivity index is 1.34. The van der Waals surface area contributed by atoms with Crippen molar-refractivity contribution < 1.29 is 4.42 Å². The van der Waals surface area contributed by atoms with Gasteiger partial charge in [0.25, 0.3) is 0 Å². The lowest BCUT2D eigenvalue weighted by Gasteiger charge is -2.27. The molecular weight excluding hydrogens is 510 g/mol. The van der Waals surface area contributed by atoms with Gasteiger partial charge in [0.2, 0.25) is 0 Å². The van der Waals surface area contributed by atoms with Crippen LogP contribution in [0.5, 0.6) is 0 Å². The molecule has 0 fully saturated rings. The number of anilines is 3. The van der Waals surface area contributed by atoms with Gasteiger partial charge in [0, 0.05) is 22.1 Å². The number of hydrogen-bond donors (Lipinski definition) is 0. The number of furan rings is 1. The summed E-state index contributed by atoms with van der Waals surface area (Å²) in [7, 11) is 0. The molecule has 0 aliphatic carbocycles. The second-order valence-corrected chi connectivity index (χ2v) is 10.5. The van der Waals surface area contributed by atoms with E-state index in [0.29, 0.717) is 0 Å². The van der Waals surface area contributed by atoms with Gasteiger partial charge in [0.1, 0.15) is 11.2 Å². The molecule has 0 saturated heterocycles. The van der Waals surface area contributed by atoms with Crippen LogP contribution < -0.4 is 4.90 Å². The molecule has 0 N–H and O–H groups in total. The zero-order valence-electron chi connectivity index (χ0n) is 22.9. The van der Waals surface area contributed by atoms with Crippen molar-refractivity contribution in [2.45, 2.75) is 0 Å². The Labute approximate surface area is 244 Å². The number of benzene rings is 7. The summed E-state index contributed by atoms with van der Waals surface area (Å²) < 4.78 is 6.53. The van der Waals surface area contributed by atoms with E-state index in [9.17, 15) is 0 Å². The molecule has 1 aromatic heterocycles. The van der Waals surface area contributed by atoms with Gasteiger partial charge in [0.15, 0.2) is 0 Å². The summed E-state index contributed by atoms with van der Waals surface area (Å²) in [6.07, 6.45) is 0. The molecule has 8 aromatic rings. The summed E-state index contributed by atoms with van der Waals surface area (Å²) in [6, 6.07) is 57.9. The van der Waals surface area contributed by atoms with Gasteiger partial charge in [-0.2, -0.15) is 0 Å². The average Bonchev–Trinajstić information content (AvgIpc) is 3.47. The monoisotopic (exact) mass is 537 g/mol. The van der Waals surface area contributed by atoms with Gasteiger partial charge >= 0.3 is 0 Å². The summed E-state index contributed by atoms with van der Waals surface area (Å²) >= 11 is 0. The molecule has 0 amide bonds. The fraction of sp³-hybridized carbons (Fsp3) is 0. The molecule has 7 aromatic carbocycles. The third-order valence-electron chi connectivity index (χ3n) is 8.05. The van der Waals surface area contributed by atoms with Gasteiger partial charge in [-0.25, -0.2) is 0 Å². The van der Waals surface area contributed by atoms with Crippen molar-refractivity contribution in [2.24, 2.45) is 0 Å². The van der Waals surface area contributed by atoms with E-state index < -0.39 is 0 Å². The van der Waals surface area contributed by atoms with Gasteiger partial charge in [-0.1, -0.05) is 127 Å². The molecule has 0 spiro atoms. The molecule has 2 nitrogen and oxygen atoms in total. The zero-order valence-corrected chi connectivity index (χ0v) is 22.9. The summed E-state index contributed by atoms with van der Waals surface area (Å²) in [5, 5.41) is 4.50. The zero-order chi connectivity index (χ0) is 27.9. The molecule has 1 heterocycles. The molecule has 0 atom stereocenters. The van der Waals surface area contributed by atoms with E-state index in [1.807, 2.05) is 6.07 Å². The molecular formula is C40H27NO. The lowest BCUT2D eigenvalue weighted by molar-refractivity contribution is 0.672. The van der Waals surface area contributed by atoms with E-state index >= 15 is 0 Å². The molecule has 198 valence electrons. The van der Waals surface area contributed by atoms with E-state index in [2.05, 4.69) is 163 Å². The highest BCUT2D eigenvalue weighted by Gasteiger charge is 2.21. The molecule has 0 unspecified atom stereocenters. The highest BCUT2D eigenvalue weighted by Crippen LogP contribution is 2.46. The minimum absolute atomic E-state index is 0.894. The van der Waals surface area contributed by atoms with E-state index in [-0.39, 0.29) is 0 Å². The lowest BCUT2D eigenvalue weighted by atomic mass is 9.94. The Kier molecular flexibility index (Phi) is 5.82. The lowest BCUT2D eigenvalue weighted by Crippen LogP contribution is -2.10. The van der Waals surface area contributed by atoms with Crippen LogP contribution in [0.15, 0.2) is 168 Å². The van der Waals surface area contributed by atoms with Crippen LogP contribution in [-0.4, -0.2) is 0 Å². The molecule has 0 saturated carbocycles. The second kappa shape index (κ2) is 10.1. The van der Waals surface area contributed by atoms with E-state index in [0.717, 1.165) is 49.8 Å². The van der Waals surface area contributed by atoms with Crippen molar-refractivity contribution in [2.75, 3.05) is 4.90 Å². The van der Waals surface area contributed by atoms with Crippen molar-refractivity contribution in [1.29, 1.82) is 0 Å². The van der Waals surface area contributed by atoms with Gasteiger partial charge in [-0.05, 0) is 64.0 Å². The van der Waals surface area contributed by atoms with Crippen molar-refractivity contribution >= 4 is 49.8 Å². The van der Waals surface area contributed by atoms with Crippen LogP contribution in [0.2, 0.25) is 0 Å². The Bertz CT molecular complexity index is 2180. The number of hydrogen-bond acceptors (Lipinski definition) is 2. The van der Waals surface area contributed by atoms with Crippen molar-refractivity contribution in [3.63, 3.8) is 0 Å². The molecule has 0 aliphatic rings. The quantitative estimate of drug-likeness (QED) is 0.217. The number of nitrogens with zero attached hydrogens (tertiary/aromatic N) is 1. The average molecular weight is 538 g/mol. The largest absolute Gasteiger partial charge is 0.455 e. The topological polar surface area (TPSA) is 16.4 Å². The Morgan fingerprint density at radius 1 is 0.429 bits per heavy atom. The van der Waals surface area contributed by atoms with E-state index in [1.165, 1.54) is 22.3 Å². The Hall–Kier alpha value is -5.60. The second-order valence-electron chi connectivity index (χ2n) is 10.5. The minimum atomic E-state index is 0.894. The fourth-order valence-corrected chi connectivity index (χ4v) is 6.11. The molecule has 0 aliphatic heterocycles. The predicted molar refractivity (Wildman–Crippen MR) is 177 cm³/mol. The van der Waals surface area contributed by atoms with Crippen LogP contribution in [0.25, 0.3) is 55.0 Å². The first kappa shape index (κ1) is 24.2. The number of fused-ring (bicyclic) bond motifs is 5. The maximum Gasteiger partial charge on any atom is 0.145 e. The summed E-state index contributed by atoms with van der Waals surface area (Å²) in [4.78, 5) is 2.35. The molecule has 8 rings (SSSR count). The first-order valence-corrected chi connectivity index (χ1v) is 14.3. The minimum Gasteiger partial charge on any atom is -0.455 e. The van der Waals surface area contributed by atoms with Crippen molar-refractivity contribution in [1.82, 2.24) is 0 Å². The van der Waals surface area contributed by atoms with Gasteiger partial charge in [0.05, 0.1) is 11.1 Å². The molecule has 0 radical (unpaired) electrons. The van der Waals surface area contributed by atoms with Crippen LogP contribution in [0.4, 0.5) is 17.1 Å². The van der Waals surface area contributed by atoms with E-state index in [1.54, 1.807) is 0 Å². The van der Waals surface area contributed by atoms with Crippen LogP contribution in [0.3, 0.4) is 0 Å². The van der Waals surface area contributed by atoms with Crippen LogP contribution in [-0.2, 0) is 0 Å². The molecule has 42 heavy (non-hydrogen) atoms. The maximum absolute atomic E-state index is 6.53. The summed E-state index contributed by atoms with van der Waals surface area (Å²) in [5.74, 6) is 0. The van der Waals surface area contributed by atoms with Crippen LogP contribution in [0, 0.1) is 0 Å². The highest BCUT2D eigenvalue weighted by atomic mass is 16.3. The van der Waals surface area contributed by atoms with Crippen LogP contribution >= 0.6 is 0 Å². The van der Waals surface area contributed by atoms with Crippen molar-refractivity contribution in [3.8, 4) is 22.3 Å². The summed E-state index contributed by atoms with van der Waals surface area (Å²) in [5.41, 5.74) is 9.93. The third-order valence-corrected chi connectivity index (χ3v) is 8.05.